The van der Waals surface area contributed by atoms with Crippen LogP contribution in [0.5, 0.6) is 0 Å². The van der Waals surface area contributed by atoms with Crippen molar-refractivity contribution in [3.05, 3.63) is 23.8 Å². The third-order valence-corrected chi connectivity index (χ3v) is 2.94. The van der Waals surface area contributed by atoms with Crippen LogP contribution in [0.15, 0.2) is 6.20 Å². The van der Waals surface area contributed by atoms with E-state index < -0.39 is 24.0 Å². The molecular formula is C10H12F3N3. The molecule has 0 saturated carbocycles. The Labute approximate surface area is 91.1 Å². The molecule has 0 aromatic carbocycles. The molecule has 0 radical (unpaired) electrons. The van der Waals surface area contributed by atoms with Gasteiger partial charge in [-0.3, -0.25) is 0 Å². The number of halogens is 3. The van der Waals surface area contributed by atoms with Crippen LogP contribution < -0.4 is 5.32 Å². The summed E-state index contributed by atoms with van der Waals surface area (Å²) in [5.41, 5.74) is -0.0352. The quantitative estimate of drug-likeness (QED) is 0.782. The van der Waals surface area contributed by atoms with E-state index in [0.717, 1.165) is 6.20 Å². The van der Waals surface area contributed by atoms with E-state index in [1.165, 1.54) is 6.92 Å². The van der Waals surface area contributed by atoms with Crippen LogP contribution >= 0.6 is 0 Å². The van der Waals surface area contributed by atoms with Crippen molar-refractivity contribution in [2.75, 3.05) is 13.1 Å². The average Bonchev–Trinajstić information content (AvgIpc) is 2.70. The minimum Gasteiger partial charge on any atom is -0.316 e. The largest absolute Gasteiger partial charge is 0.316 e. The lowest BCUT2D eigenvalue weighted by Gasteiger charge is -2.19. The zero-order valence-electron chi connectivity index (χ0n) is 8.75. The summed E-state index contributed by atoms with van der Waals surface area (Å²) >= 11 is 0. The van der Waals surface area contributed by atoms with E-state index in [0.29, 0.717) is 13.1 Å². The first kappa shape index (κ1) is 11.3. The maximum atomic E-state index is 13.4. The highest BCUT2D eigenvalue weighted by Gasteiger charge is 2.35. The standard InChI is InChI=1S/C10H12F3N3/c1-5(11)6-2-14-3-7(6)9-8(12)4-15-10(13)16-9/h4-7,14H,2-3H2,1H3/t5-,6?,7+/m1/s1. The molecule has 1 unspecified atom stereocenters. The Balaban J connectivity index is 2.32. The molecule has 1 N–H and O–H groups in total. The summed E-state index contributed by atoms with van der Waals surface area (Å²) in [6.07, 6.45) is -1.28. The van der Waals surface area contributed by atoms with Crippen molar-refractivity contribution in [2.45, 2.75) is 19.0 Å². The SMILES string of the molecule is C[C@@H](F)C1CNC[C@@H]1c1nc(F)ncc1F. The number of nitrogens with zero attached hydrogens (tertiary/aromatic N) is 2. The van der Waals surface area contributed by atoms with Gasteiger partial charge in [0.15, 0.2) is 5.82 Å². The van der Waals surface area contributed by atoms with E-state index in [1.54, 1.807) is 0 Å². The zero-order chi connectivity index (χ0) is 11.7. The molecule has 1 aromatic rings. The smallest absolute Gasteiger partial charge is 0.308 e. The van der Waals surface area contributed by atoms with Crippen LogP contribution in [0.2, 0.25) is 0 Å². The summed E-state index contributed by atoms with van der Waals surface area (Å²) in [6.45, 7) is 2.28. The van der Waals surface area contributed by atoms with Gasteiger partial charge in [0.25, 0.3) is 0 Å². The van der Waals surface area contributed by atoms with E-state index >= 15 is 0 Å². The normalized spacial score (nSPS) is 27.0. The Morgan fingerprint density at radius 2 is 2.19 bits per heavy atom. The van der Waals surface area contributed by atoms with E-state index in [-0.39, 0.29) is 11.6 Å². The predicted octanol–water partition coefficient (Wildman–Crippen LogP) is 1.42. The topological polar surface area (TPSA) is 37.8 Å². The Bertz CT molecular complexity index is 384. The average molecular weight is 231 g/mol. The van der Waals surface area contributed by atoms with Gasteiger partial charge in [0.1, 0.15) is 6.17 Å². The van der Waals surface area contributed by atoms with Gasteiger partial charge in [0.2, 0.25) is 0 Å². The lowest BCUT2D eigenvalue weighted by atomic mass is 9.89. The fourth-order valence-corrected chi connectivity index (χ4v) is 2.10. The van der Waals surface area contributed by atoms with E-state index in [9.17, 15) is 13.2 Å². The van der Waals surface area contributed by atoms with Crippen LogP contribution in [0.4, 0.5) is 13.2 Å². The summed E-state index contributed by atoms with van der Waals surface area (Å²) < 4.78 is 39.5. The highest BCUT2D eigenvalue weighted by molar-refractivity contribution is 5.14. The van der Waals surface area contributed by atoms with E-state index in [4.69, 9.17) is 0 Å². The fourth-order valence-electron chi connectivity index (χ4n) is 2.10. The van der Waals surface area contributed by atoms with Crippen molar-refractivity contribution in [1.29, 1.82) is 0 Å². The minimum absolute atomic E-state index is 0.0352. The number of hydrogen-bond acceptors (Lipinski definition) is 3. The molecule has 3 nitrogen and oxygen atoms in total. The maximum Gasteiger partial charge on any atom is 0.308 e. The summed E-state index contributed by atoms with van der Waals surface area (Å²) in [4.78, 5) is 6.54. The summed E-state index contributed by atoms with van der Waals surface area (Å²) in [6, 6.07) is 0. The molecule has 1 aliphatic rings. The molecule has 88 valence electrons. The number of rotatable bonds is 2. The lowest BCUT2D eigenvalue weighted by Crippen LogP contribution is -2.22. The molecule has 3 atom stereocenters. The van der Waals surface area contributed by atoms with Crippen molar-refractivity contribution < 1.29 is 13.2 Å². The molecule has 16 heavy (non-hydrogen) atoms. The van der Waals surface area contributed by atoms with Gasteiger partial charge in [-0.1, -0.05) is 0 Å². The fraction of sp³-hybridized carbons (Fsp3) is 0.600. The second-order valence-corrected chi connectivity index (χ2v) is 3.98. The Morgan fingerprint density at radius 1 is 1.44 bits per heavy atom. The van der Waals surface area contributed by atoms with Gasteiger partial charge in [0.05, 0.1) is 11.9 Å². The number of alkyl halides is 1. The van der Waals surface area contributed by atoms with Gasteiger partial charge in [-0.2, -0.15) is 4.39 Å². The van der Waals surface area contributed by atoms with Crippen LogP contribution in [0, 0.1) is 17.8 Å². The molecule has 0 amide bonds. The predicted molar refractivity (Wildman–Crippen MR) is 51.6 cm³/mol. The van der Waals surface area contributed by atoms with Gasteiger partial charge in [0, 0.05) is 24.9 Å². The third kappa shape index (κ3) is 2.02. The van der Waals surface area contributed by atoms with Crippen molar-refractivity contribution in [1.82, 2.24) is 15.3 Å². The molecule has 0 bridgehead atoms. The van der Waals surface area contributed by atoms with Gasteiger partial charge < -0.3 is 5.32 Å². The van der Waals surface area contributed by atoms with Gasteiger partial charge in [-0.15, -0.1) is 0 Å². The van der Waals surface area contributed by atoms with Crippen molar-refractivity contribution in [2.24, 2.45) is 5.92 Å². The highest BCUT2D eigenvalue weighted by atomic mass is 19.1. The molecular weight excluding hydrogens is 219 g/mol. The molecule has 2 rings (SSSR count). The molecule has 6 heteroatoms. The van der Waals surface area contributed by atoms with Crippen LogP contribution in [0.25, 0.3) is 0 Å². The number of hydrogen-bond donors (Lipinski definition) is 1. The maximum absolute atomic E-state index is 13.4. The van der Waals surface area contributed by atoms with Crippen molar-refractivity contribution in [3.63, 3.8) is 0 Å². The molecule has 1 saturated heterocycles. The molecule has 0 aliphatic carbocycles. The summed E-state index contributed by atoms with van der Waals surface area (Å²) in [5, 5.41) is 2.96. The third-order valence-electron chi connectivity index (χ3n) is 2.94. The van der Waals surface area contributed by atoms with E-state index in [2.05, 4.69) is 15.3 Å². The lowest BCUT2D eigenvalue weighted by molar-refractivity contribution is 0.242. The van der Waals surface area contributed by atoms with Gasteiger partial charge in [-0.05, 0) is 6.92 Å². The zero-order valence-corrected chi connectivity index (χ0v) is 8.75. The summed E-state index contributed by atoms with van der Waals surface area (Å²) in [7, 11) is 0. The van der Waals surface area contributed by atoms with Crippen LogP contribution in [0.3, 0.4) is 0 Å². The van der Waals surface area contributed by atoms with Crippen LogP contribution in [0.1, 0.15) is 18.5 Å². The van der Waals surface area contributed by atoms with Crippen LogP contribution in [-0.4, -0.2) is 29.2 Å². The molecule has 1 aliphatic heterocycles. The highest BCUT2D eigenvalue weighted by Crippen LogP contribution is 2.31. The first-order valence-corrected chi connectivity index (χ1v) is 5.12. The first-order valence-electron chi connectivity index (χ1n) is 5.12. The number of aromatic nitrogens is 2. The second-order valence-electron chi connectivity index (χ2n) is 3.98. The molecule has 2 heterocycles. The van der Waals surface area contributed by atoms with E-state index in [1.807, 2.05) is 0 Å². The second kappa shape index (κ2) is 4.37. The van der Waals surface area contributed by atoms with Crippen LogP contribution in [-0.2, 0) is 0 Å². The van der Waals surface area contributed by atoms with Crippen molar-refractivity contribution in [3.8, 4) is 0 Å². The monoisotopic (exact) mass is 231 g/mol. The Hall–Kier alpha value is -1.17. The van der Waals surface area contributed by atoms with Gasteiger partial charge >= 0.3 is 6.08 Å². The molecule has 1 fully saturated rings. The number of nitrogens with one attached hydrogen (secondary N) is 1. The molecule has 1 aromatic heterocycles. The molecule has 0 spiro atoms. The van der Waals surface area contributed by atoms with Crippen molar-refractivity contribution >= 4 is 0 Å². The van der Waals surface area contributed by atoms with Gasteiger partial charge in [-0.25, -0.2) is 18.7 Å². The Morgan fingerprint density at radius 3 is 2.88 bits per heavy atom. The first-order chi connectivity index (χ1) is 7.59. The Kier molecular flexibility index (Phi) is 3.09. The minimum atomic E-state index is -1.09. The summed E-state index contributed by atoms with van der Waals surface area (Å²) in [5.74, 6) is -1.48.